The van der Waals surface area contributed by atoms with Crippen molar-refractivity contribution in [2.45, 2.75) is 37.8 Å². The van der Waals surface area contributed by atoms with Crippen LogP contribution >= 0.6 is 11.3 Å². The van der Waals surface area contributed by atoms with E-state index in [1.807, 2.05) is 24.3 Å². The van der Waals surface area contributed by atoms with Crippen molar-refractivity contribution in [2.24, 2.45) is 0 Å². The molecule has 2 N–H and O–H groups in total. The van der Waals surface area contributed by atoms with E-state index in [1.165, 1.54) is 11.3 Å². The number of hydrogen-bond donors (Lipinski definition) is 2. The van der Waals surface area contributed by atoms with Crippen LogP contribution in [-0.4, -0.2) is 28.1 Å². The van der Waals surface area contributed by atoms with Crippen molar-refractivity contribution < 1.29 is 9.90 Å². The first-order chi connectivity index (χ1) is 9.22. The number of nitrogens with zero attached hydrogens (tertiary/aromatic N) is 1. The molecule has 0 atom stereocenters. The fourth-order valence-corrected chi connectivity index (χ4v) is 3.31. The summed E-state index contributed by atoms with van der Waals surface area (Å²) in [6, 6.07) is 7.93. The van der Waals surface area contributed by atoms with Gasteiger partial charge in [-0.05, 0) is 37.8 Å². The van der Waals surface area contributed by atoms with E-state index in [1.54, 1.807) is 0 Å². The SMILES string of the molecule is O=C(NC1CCC(O)CC1)c1nc2ccccc2s1. The Morgan fingerprint density at radius 2 is 2.00 bits per heavy atom. The van der Waals surface area contributed by atoms with E-state index in [0.29, 0.717) is 5.01 Å². The summed E-state index contributed by atoms with van der Waals surface area (Å²) in [6.45, 7) is 0. The number of thiazole rings is 1. The fraction of sp³-hybridized carbons (Fsp3) is 0.429. The summed E-state index contributed by atoms with van der Waals surface area (Å²) in [6.07, 6.45) is 3.03. The molecule has 1 heterocycles. The zero-order valence-electron chi connectivity index (χ0n) is 10.5. The molecule has 0 radical (unpaired) electrons. The van der Waals surface area contributed by atoms with Crippen LogP contribution in [0.2, 0.25) is 0 Å². The van der Waals surface area contributed by atoms with Gasteiger partial charge in [-0.3, -0.25) is 4.79 Å². The number of fused-ring (bicyclic) bond motifs is 1. The topological polar surface area (TPSA) is 62.2 Å². The Morgan fingerprint density at radius 1 is 1.26 bits per heavy atom. The number of para-hydroxylation sites is 1. The summed E-state index contributed by atoms with van der Waals surface area (Å²) in [7, 11) is 0. The van der Waals surface area contributed by atoms with E-state index in [4.69, 9.17) is 0 Å². The molecule has 1 aliphatic rings. The van der Waals surface area contributed by atoms with Gasteiger partial charge >= 0.3 is 0 Å². The van der Waals surface area contributed by atoms with Gasteiger partial charge in [0.05, 0.1) is 16.3 Å². The quantitative estimate of drug-likeness (QED) is 0.885. The van der Waals surface area contributed by atoms with E-state index in [-0.39, 0.29) is 18.1 Å². The number of aliphatic hydroxyl groups is 1. The summed E-state index contributed by atoms with van der Waals surface area (Å²) < 4.78 is 1.03. The molecule has 0 unspecified atom stereocenters. The van der Waals surface area contributed by atoms with Crippen molar-refractivity contribution >= 4 is 27.5 Å². The molecular weight excluding hydrogens is 260 g/mol. The number of aromatic nitrogens is 1. The van der Waals surface area contributed by atoms with Crippen LogP contribution < -0.4 is 5.32 Å². The molecule has 1 aliphatic carbocycles. The lowest BCUT2D eigenvalue weighted by atomic mass is 9.93. The maximum Gasteiger partial charge on any atom is 0.280 e. The molecule has 0 bridgehead atoms. The van der Waals surface area contributed by atoms with Gasteiger partial charge in [-0.25, -0.2) is 4.98 Å². The summed E-state index contributed by atoms with van der Waals surface area (Å²) >= 11 is 1.42. The molecule has 1 aromatic carbocycles. The van der Waals surface area contributed by atoms with Gasteiger partial charge in [0.25, 0.3) is 5.91 Å². The van der Waals surface area contributed by atoms with Crippen molar-refractivity contribution in [3.8, 4) is 0 Å². The highest BCUT2D eigenvalue weighted by atomic mass is 32.1. The monoisotopic (exact) mass is 276 g/mol. The number of aliphatic hydroxyl groups excluding tert-OH is 1. The normalized spacial score (nSPS) is 23.4. The van der Waals surface area contributed by atoms with Crippen LogP contribution in [0.25, 0.3) is 10.2 Å². The van der Waals surface area contributed by atoms with Gasteiger partial charge in [-0.2, -0.15) is 0 Å². The zero-order valence-corrected chi connectivity index (χ0v) is 11.3. The second-order valence-electron chi connectivity index (χ2n) is 4.97. The molecule has 4 nitrogen and oxygen atoms in total. The predicted molar refractivity (Wildman–Crippen MR) is 75.3 cm³/mol. The molecule has 0 saturated heterocycles. The van der Waals surface area contributed by atoms with Crippen LogP contribution in [0.4, 0.5) is 0 Å². The molecule has 100 valence electrons. The van der Waals surface area contributed by atoms with Crippen LogP contribution in [0.5, 0.6) is 0 Å². The van der Waals surface area contributed by atoms with E-state index < -0.39 is 0 Å². The zero-order chi connectivity index (χ0) is 13.2. The molecule has 0 spiro atoms. The molecule has 1 fully saturated rings. The molecule has 19 heavy (non-hydrogen) atoms. The average molecular weight is 276 g/mol. The number of nitrogens with one attached hydrogen (secondary N) is 1. The number of rotatable bonds is 2. The molecule has 2 aromatic rings. The lowest BCUT2D eigenvalue weighted by Gasteiger charge is -2.25. The smallest absolute Gasteiger partial charge is 0.280 e. The van der Waals surface area contributed by atoms with Crippen molar-refractivity contribution in [3.05, 3.63) is 29.3 Å². The van der Waals surface area contributed by atoms with Gasteiger partial charge in [-0.15, -0.1) is 11.3 Å². The molecule has 0 aliphatic heterocycles. The highest BCUT2D eigenvalue weighted by Crippen LogP contribution is 2.23. The van der Waals surface area contributed by atoms with Crippen LogP contribution in [0.3, 0.4) is 0 Å². The minimum absolute atomic E-state index is 0.0948. The van der Waals surface area contributed by atoms with Gasteiger partial charge in [0.2, 0.25) is 0 Å². The van der Waals surface area contributed by atoms with E-state index >= 15 is 0 Å². The van der Waals surface area contributed by atoms with E-state index in [9.17, 15) is 9.90 Å². The first kappa shape index (κ1) is 12.6. The highest BCUT2D eigenvalue weighted by Gasteiger charge is 2.22. The number of amides is 1. The largest absolute Gasteiger partial charge is 0.393 e. The maximum absolute atomic E-state index is 12.1. The third kappa shape index (κ3) is 2.77. The van der Waals surface area contributed by atoms with Gasteiger partial charge in [0.15, 0.2) is 5.01 Å². The number of hydrogen-bond acceptors (Lipinski definition) is 4. The first-order valence-electron chi connectivity index (χ1n) is 6.57. The second kappa shape index (κ2) is 5.27. The van der Waals surface area contributed by atoms with E-state index in [2.05, 4.69) is 10.3 Å². The Hall–Kier alpha value is -1.46. The fourth-order valence-electron chi connectivity index (χ4n) is 2.44. The number of carbonyl (C=O) groups excluding carboxylic acids is 1. The second-order valence-corrected chi connectivity index (χ2v) is 6.00. The average Bonchev–Trinajstić information content (AvgIpc) is 2.85. The summed E-state index contributed by atoms with van der Waals surface area (Å²) in [5.41, 5.74) is 0.872. The Kier molecular flexibility index (Phi) is 3.48. The Labute approximate surface area is 115 Å². The van der Waals surface area contributed by atoms with Crippen LogP contribution in [-0.2, 0) is 0 Å². The highest BCUT2D eigenvalue weighted by molar-refractivity contribution is 7.20. The summed E-state index contributed by atoms with van der Waals surface area (Å²) in [5.74, 6) is -0.0948. The minimum atomic E-state index is -0.199. The third-order valence-electron chi connectivity index (χ3n) is 3.52. The maximum atomic E-state index is 12.1. The van der Waals surface area contributed by atoms with Crippen LogP contribution in [0.1, 0.15) is 35.5 Å². The van der Waals surface area contributed by atoms with Crippen molar-refractivity contribution in [3.63, 3.8) is 0 Å². The molecular formula is C14H16N2O2S. The molecule has 1 aromatic heterocycles. The summed E-state index contributed by atoms with van der Waals surface area (Å²) in [4.78, 5) is 16.5. The Morgan fingerprint density at radius 3 is 2.74 bits per heavy atom. The lowest BCUT2D eigenvalue weighted by molar-refractivity contribution is 0.0867. The lowest BCUT2D eigenvalue weighted by Crippen LogP contribution is -2.38. The van der Waals surface area contributed by atoms with Crippen molar-refractivity contribution in [1.82, 2.24) is 10.3 Å². The standard InChI is InChI=1S/C14H16N2O2S/c17-10-7-5-9(6-8-10)15-13(18)14-16-11-3-1-2-4-12(11)19-14/h1-4,9-10,17H,5-8H2,(H,15,18). The van der Waals surface area contributed by atoms with Gasteiger partial charge in [0.1, 0.15) is 0 Å². The van der Waals surface area contributed by atoms with E-state index in [0.717, 1.165) is 35.9 Å². The van der Waals surface area contributed by atoms with Crippen molar-refractivity contribution in [1.29, 1.82) is 0 Å². The minimum Gasteiger partial charge on any atom is -0.393 e. The van der Waals surface area contributed by atoms with Crippen molar-refractivity contribution in [2.75, 3.05) is 0 Å². The third-order valence-corrected chi connectivity index (χ3v) is 4.56. The van der Waals surface area contributed by atoms with Gasteiger partial charge < -0.3 is 10.4 Å². The Balaban J connectivity index is 1.70. The molecule has 1 saturated carbocycles. The van der Waals surface area contributed by atoms with Crippen LogP contribution in [0, 0.1) is 0 Å². The molecule has 1 amide bonds. The van der Waals surface area contributed by atoms with Crippen LogP contribution in [0.15, 0.2) is 24.3 Å². The van der Waals surface area contributed by atoms with Gasteiger partial charge in [-0.1, -0.05) is 12.1 Å². The summed E-state index contributed by atoms with van der Waals surface area (Å²) in [5, 5.41) is 13.0. The molecule has 3 rings (SSSR count). The Bertz CT molecular complexity index is 555. The predicted octanol–water partition coefficient (Wildman–Crippen LogP) is 2.33. The number of benzene rings is 1. The number of carbonyl (C=O) groups is 1. The first-order valence-corrected chi connectivity index (χ1v) is 7.38. The molecule has 5 heteroatoms. The van der Waals surface area contributed by atoms with Gasteiger partial charge in [0, 0.05) is 6.04 Å².